The fourth-order valence-electron chi connectivity index (χ4n) is 2.62. The summed E-state index contributed by atoms with van der Waals surface area (Å²) in [5, 5.41) is 0. The number of rotatable bonds is 0. The average molecular weight is 182 g/mol. The maximum Gasteiger partial charge on any atom is 0.306 e. The van der Waals surface area contributed by atoms with Crippen molar-refractivity contribution in [2.45, 2.75) is 63.4 Å². The quantitative estimate of drug-likeness (QED) is 0.538. The number of esters is 1. The first-order valence-corrected chi connectivity index (χ1v) is 5.53. The van der Waals surface area contributed by atoms with E-state index in [9.17, 15) is 4.79 Å². The van der Waals surface area contributed by atoms with Crippen molar-refractivity contribution >= 4 is 5.97 Å². The first-order chi connectivity index (χ1) is 6.31. The highest BCUT2D eigenvalue weighted by atomic mass is 16.6. The summed E-state index contributed by atoms with van der Waals surface area (Å²) >= 11 is 0. The molecule has 0 radical (unpaired) electrons. The van der Waals surface area contributed by atoms with Gasteiger partial charge in [-0.1, -0.05) is 12.8 Å². The third kappa shape index (κ3) is 2.04. The molecule has 0 aromatic rings. The van der Waals surface area contributed by atoms with Gasteiger partial charge in [0.2, 0.25) is 0 Å². The molecule has 2 heteroatoms. The Morgan fingerprint density at radius 1 is 0.923 bits per heavy atom. The largest absolute Gasteiger partial charge is 0.459 e. The van der Waals surface area contributed by atoms with Gasteiger partial charge in [-0.15, -0.1) is 0 Å². The minimum Gasteiger partial charge on any atom is -0.459 e. The van der Waals surface area contributed by atoms with E-state index in [1.807, 2.05) is 0 Å². The third-order valence-corrected chi connectivity index (χ3v) is 3.36. The standard InChI is InChI=1S/C11H18O2/c12-10-6-5-9-11(13-10)7-3-1-2-4-8-11/h1-9H2. The lowest BCUT2D eigenvalue weighted by molar-refractivity contribution is -0.169. The summed E-state index contributed by atoms with van der Waals surface area (Å²) in [5.74, 6) is 0.0353. The maximum absolute atomic E-state index is 11.2. The number of carbonyl (C=O) groups excluding carboxylic acids is 1. The van der Waals surface area contributed by atoms with Crippen LogP contribution in [0.5, 0.6) is 0 Å². The summed E-state index contributed by atoms with van der Waals surface area (Å²) in [6.45, 7) is 0. The summed E-state index contributed by atoms with van der Waals surface area (Å²) < 4.78 is 5.56. The summed E-state index contributed by atoms with van der Waals surface area (Å²) in [5.41, 5.74) is -0.0359. The summed E-state index contributed by atoms with van der Waals surface area (Å²) in [7, 11) is 0. The predicted molar refractivity (Wildman–Crippen MR) is 50.4 cm³/mol. The normalized spacial score (nSPS) is 28.2. The van der Waals surface area contributed by atoms with Crippen LogP contribution in [0.25, 0.3) is 0 Å². The lowest BCUT2D eigenvalue weighted by atomic mass is 9.86. The predicted octanol–water partition coefficient (Wildman–Crippen LogP) is 2.81. The van der Waals surface area contributed by atoms with Crippen LogP contribution in [-0.4, -0.2) is 11.6 Å². The van der Waals surface area contributed by atoms with Gasteiger partial charge >= 0.3 is 5.97 Å². The Kier molecular flexibility index (Phi) is 2.56. The molecular formula is C11H18O2. The molecule has 1 aliphatic carbocycles. The second-order valence-corrected chi connectivity index (χ2v) is 4.42. The van der Waals surface area contributed by atoms with Crippen LogP contribution in [0.4, 0.5) is 0 Å². The third-order valence-electron chi connectivity index (χ3n) is 3.36. The van der Waals surface area contributed by atoms with Gasteiger partial charge in [0, 0.05) is 6.42 Å². The Labute approximate surface area is 79.7 Å². The zero-order valence-electron chi connectivity index (χ0n) is 8.18. The number of hydrogen-bond donors (Lipinski definition) is 0. The Hall–Kier alpha value is -0.530. The molecular weight excluding hydrogens is 164 g/mol. The van der Waals surface area contributed by atoms with E-state index < -0.39 is 0 Å². The highest BCUT2D eigenvalue weighted by Crippen LogP contribution is 2.37. The second-order valence-electron chi connectivity index (χ2n) is 4.42. The summed E-state index contributed by atoms with van der Waals surface area (Å²) in [6.07, 6.45) is 10.1. The van der Waals surface area contributed by atoms with Crippen LogP contribution in [0.15, 0.2) is 0 Å². The van der Waals surface area contributed by atoms with Gasteiger partial charge in [0.25, 0.3) is 0 Å². The fraction of sp³-hybridized carbons (Fsp3) is 0.909. The van der Waals surface area contributed by atoms with E-state index >= 15 is 0 Å². The van der Waals surface area contributed by atoms with E-state index in [4.69, 9.17) is 4.74 Å². The zero-order valence-corrected chi connectivity index (χ0v) is 8.18. The van der Waals surface area contributed by atoms with Crippen molar-refractivity contribution in [2.75, 3.05) is 0 Å². The molecule has 0 unspecified atom stereocenters. The summed E-state index contributed by atoms with van der Waals surface area (Å²) in [4.78, 5) is 11.2. The average Bonchev–Trinajstić information content (AvgIpc) is 2.31. The molecule has 0 atom stereocenters. The molecule has 0 aromatic carbocycles. The SMILES string of the molecule is O=C1CCCC2(CCCCCC2)O1. The first kappa shape index (κ1) is 9.04. The van der Waals surface area contributed by atoms with Gasteiger partial charge in [-0.2, -0.15) is 0 Å². The minimum atomic E-state index is -0.0359. The molecule has 1 saturated carbocycles. The van der Waals surface area contributed by atoms with Crippen molar-refractivity contribution in [1.82, 2.24) is 0 Å². The van der Waals surface area contributed by atoms with Crippen molar-refractivity contribution < 1.29 is 9.53 Å². The van der Waals surface area contributed by atoms with Gasteiger partial charge < -0.3 is 4.74 Å². The van der Waals surface area contributed by atoms with E-state index in [1.165, 1.54) is 25.7 Å². The molecule has 0 amide bonds. The van der Waals surface area contributed by atoms with E-state index in [0.717, 1.165) is 25.7 Å². The van der Waals surface area contributed by atoms with Crippen LogP contribution in [0, 0.1) is 0 Å². The molecule has 2 fully saturated rings. The van der Waals surface area contributed by atoms with E-state index in [1.54, 1.807) is 0 Å². The van der Waals surface area contributed by atoms with Crippen LogP contribution >= 0.6 is 0 Å². The summed E-state index contributed by atoms with van der Waals surface area (Å²) in [6, 6.07) is 0. The molecule has 2 nitrogen and oxygen atoms in total. The molecule has 0 aromatic heterocycles. The Morgan fingerprint density at radius 3 is 2.15 bits per heavy atom. The van der Waals surface area contributed by atoms with Crippen LogP contribution in [0.3, 0.4) is 0 Å². The smallest absolute Gasteiger partial charge is 0.306 e. The van der Waals surface area contributed by atoms with Crippen LogP contribution in [-0.2, 0) is 9.53 Å². The van der Waals surface area contributed by atoms with Crippen molar-refractivity contribution in [3.8, 4) is 0 Å². The van der Waals surface area contributed by atoms with Crippen molar-refractivity contribution in [1.29, 1.82) is 0 Å². The number of ether oxygens (including phenoxy) is 1. The molecule has 2 aliphatic rings. The first-order valence-electron chi connectivity index (χ1n) is 5.53. The number of carbonyl (C=O) groups is 1. The molecule has 1 aliphatic heterocycles. The highest BCUT2D eigenvalue weighted by Gasteiger charge is 2.37. The number of hydrogen-bond acceptors (Lipinski definition) is 2. The van der Waals surface area contributed by atoms with Crippen LogP contribution in [0.2, 0.25) is 0 Å². The molecule has 1 saturated heterocycles. The molecule has 0 bridgehead atoms. The Bertz CT molecular complexity index is 190. The lowest BCUT2D eigenvalue weighted by Crippen LogP contribution is -2.38. The van der Waals surface area contributed by atoms with Crippen LogP contribution in [0.1, 0.15) is 57.8 Å². The van der Waals surface area contributed by atoms with Crippen molar-refractivity contribution in [3.63, 3.8) is 0 Å². The fourth-order valence-corrected chi connectivity index (χ4v) is 2.62. The van der Waals surface area contributed by atoms with Gasteiger partial charge in [0.15, 0.2) is 0 Å². The zero-order chi connectivity index (χ0) is 9.15. The van der Waals surface area contributed by atoms with E-state index in [-0.39, 0.29) is 11.6 Å². The van der Waals surface area contributed by atoms with Gasteiger partial charge in [0.1, 0.15) is 5.60 Å². The van der Waals surface area contributed by atoms with E-state index in [0.29, 0.717) is 6.42 Å². The van der Waals surface area contributed by atoms with Crippen molar-refractivity contribution in [2.24, 2.45) is 0 Å². The monoisotopic (exact) mass is 182 g/mol. The van der Waals surface area contributed by atoms with Gasteiger partial charge in [-0.05, 0) is 38.5 Å². The molecule has 13 heavy (non-hydrogen) atoms. The second kappa shape index (κ2) is 3.69. The highest BCUT2D eigenvalue weighted by molar-refractivity contribution is 5.70. The van der Waals surface area contributed by atoms with Gasteiger partial charge in [-0.25, -0.2) is 0 Å². The minimum absolute atomic E-state index is 0.0353. The molecule has 0 N–H and O–H groups in total. The molecule has 2 rings (SSSR count). The Balaban J connectivity index is 2.02. The molecule has 74 valence electrons. The molecule has 1 heterocycles. The maximum atomic E-state index is 11.2. The molecule has 1 spiro atoms. The van der Waals surface area contributed by atoms with E-state index in [2.05, 4.69) is 0 Å². The van der Waals surface area contributed by atoms with Crippen LogP contribution < -0.4 is 0 Å². The van der Waals surface area contributed by atoms with Gasteiger partial charge in [0.05, 0.1) is 0 Å². The topological polar surface area (TPSA) is 26.3 Å². The van der Waals surface area contributed by atoms with Crippen molar-refractivity contribution in [3.05, 3.63) is 0 Å². The van der Waals surface area contributed by atoms with Gasteiger partial charge in [-0.3, -0.25) is 4.79 Å². The Morgan fingerprint density at radius 2 is 1.54 bits per heavy atom. The lowest BCUT2D eigenvalue weighted by Gasteiger charge is -2.35.